The van der Waals surface area contributed by atoms with Crippen LogP contribution in [0.25, 0.3) is 0 Å². The average Bonchev–Trinajstić information content (AvgIpc) is 2.90. The van der Waals surface area contributed by atoms with Crippen LogP contribution in [0.3, 0.4) is 0 Å². The summed E-state index contributed by atoms with van der Waals surface area (Å²) < 4.78 is 15.9. The number of ether oxygens (including phenoxy) is 3. The second-order valence-electron chi connectivity index (χ2n) is 7.93. The molecule has 0 bridgehead atoms. The quantitative estimate of drug-likeness (QED) is 0.407. The molecule has 3 aromatic rings. The van der Waals surface area contributed by atoms with Crippen LogP contribution in [-0.4, -0.2) is 50.1 Å². The van der Waals surface area contributed by atoms with Gasteiger partial charge in [-0.1, -0.05) is 48.5 Å². The lowest BCUT2D eigenvalue weighted by Gasteiger charge is -2.21. The maximum Gasteiger partial charge on any atom is 0.340 e. The molecule has 0 aliphatic carbocycles. The van der Waals surface area contributed by atoms with E-state index < -0.39 is 12.6 Å². The SMILES string of the molecule is CCN(Cc1ccc(OC)c(OC)c1)C(=O)COC(=O)c1ccccc1NC(=O)Cc1ccccc1. The van der Waals surface area contributed by atoms with Crippen molar-refractivity contribution in [3.05, 3.63) is 89.5 Å². The van der Waals surface area contributed by atoms with Crippen LogP contribution in [-0.2, 0) is 27.3 Å². The number of hydrogen-bond donors (Lipinski definition) is 1. The predicted octanol–water partition coefficient (Wildman–Crippen LogP) is 4.09. The number of carbonyl (C=O) groups is 3. The third-order valence-corrected chi connectivity index (χ3v) is 5.51. The molecule has 0 unspecified atom stereocenters. The minimum absolute atomic E-state index is 0.171. The maximum atomic E-state index is 12.8. The number of nitrogens with zero attached hydrogens (tertiary/aromatic N) is 1. The molecule has 0 saturated carbocycles. The van der Waals surface area contributed by atoms with Crippen LogP contribution in [0.4, 0.5) is 5.69 Å². The molecule has 0 aliphatic heterocycles. The molecule has 0 saturated heterocycles. The first-order valence-electron chi connectivity index (χ1n) is 11.5. The van der Waals surface area contributed by atoms with Crippen LogP contribution in [0.5, 0.6) is 11.5 Å². The van der Waals surface area contributed by atoms with Gasteiger partial charge in [0.25, 0.3) is 5.91 Å². The first-order chi connectivity index (χ1) is 17.4. The van der Waals surface area contributed by atoms with Gasteiger partial charge in [0.1, 0.15) is 0 Å². The molecular weight excluding hydrogens is 460 g/mol. The van der Waals surface area contributed by atoms with E-state index in [1.807, 2.05) is 43.3 Å². The molecule has 0 spiro atoms. The monoisotopic (exact) mass is 490 g/mol. The normalized spacial score (nSPS) is 10.3. The van der Waals surface area contributed by atoms with Crippen molar-refractivity contribution in [2.75, 3.05) is 32.7 Å². The Bertz CT molecular complexity index is 1200. The third kappa shape index (κ3) is 7.09. The smallest absolute Gasteiger partial charge is 0.340 e. The lowest BCUT2D eigenvalue weighted by atomic mass is 10.1. The highest BCUT2D eigenvalue weighted by Crippen LogP contribution is 2.28. The summed E-state index contributed by atoms with van der Waals surface area (Å²) in [7, 11) is 3.10. The fraction of sp³-hybridized carbons (Fsp3) is 0.250. The van der Waals surface area contributed by atoms with E-state index in [2.05, 4.69) is 5.32 Å². The van der Waals surface area contributed by atoms with Gasteiger partial charge < -0.3 is 24.4 Å². The topological polar surface area (TPSA) is 94.2 Å². The van der Waals surface area contributed by atoms with E-state index in [0.717, 1.165) is 11.1 Å². The zero-order valence-corrected chi connectivity index (χ0v) is 20.7. The molecular formula is C28H30N2O6. The van der Waals surface area contributed by atoms with Crippen LogP contribution < -0.4 is 14.8 Å². The summed E-state index contributed by atoms with van der Waals surface area (Å²) in [6.45, 7) is 2.17. The van der Waals surface area contributed by atoms with Gasteiger partial charge in [0.2, 0.25) is 5.91 Å². The number of amides is 2. The largest absolute Gasteiger partial charge is 0.493 e. The van der Waals surface area contributed by atoms with Crippen molar-refractivity contribution in [1.82, 2.24) is 4.90 Å². The average molecular weight is 491 g/mol. The fourth-order valence-electron chi connectivity index (χ4n) is 3.62. The fourth-order valence-corrected chi connectivity index (χ4v) is 3.62. The van der Waals surface area contributed by atoms with Gasteiger partial charge in [-0.2, -0.15) is 0 Å². The minimum atomic E-state index is -0.693. The van der Waals surface area contributed by atoms with Crippen molar-refractivity contribution in [3.8, 4) is 11.5 Å². The predicted molar refractivity (Wildman–Crippen MR) is 136 cm³/mol. The highest BCUT2D eigenvalue weighted by atomic mass is 16.5. The number of carbonyl (C=O) groups excluding carboxylic acids is 3. The Morgan fingerprint density at radius 3 is 2.22 bits per heavy atom. The van der Waals surface area contributed by atoms with Crippen molar-refractivity contribution < 1.29 is 28.6 Å². The van der Waals surface area contributed by atoms with E-state index in [1.165, 1.54) is 0 Å². The van der Waals surface area contributed by atoms with Crippen molar-refractivity contribution >= 4 is 23.5 Å². The Morgan fingerprint density at radius 1 is 0.833 bits per heavy atom. The molecule has 3 rings (SSSR count). The molecule has 0 aliphatic rings. The Morgan fingerprint density at radius 2 is 1.53 bits per heavy atom. The molecule has 0 fully saturated rings. The summed E-state index contributed by atoms with van der Waals surface area (Å²) in [5.74, 6) is -0.133. The van der Waals surface area contributed by atoms with E-state index >= 15 is 0 Å². The van der Waals surface area contributed by atoms with E-state index in [0.29, 0.717) is 30.3 Å². The lowest BCUT2D eigenvalue weighted by Crippen LogP contribution is -2.34. The standard InChI is InChI=1S/C28H30N2O6/c1-4-30(18-21-14-15-24(34-2)25(16-21)35-3)27(32)19-36-28(33)22-12-8-9-13-23(22)29-26(31)17-20-10-6-5-7-11-20/h5-16H,4,17-19H2,1-3H3,(H,29,31). The number of anilines is 1. The summed E-state index contributed by atoms with van der Waals surface area (Å²) in [6, 6.07) is 21.3. The van der Waals surface area contributed by atoms with Crippen LogP contribution in [0.2, 0.25) is 0 Å². The van der Waals surface area contributed by atoms with Crippen LogP contribution in [0, 0.1) is 0 Å². The lowest BCUT2D eigenvalue weighted by molar-refractivity contribution is -0.135. The van der Waals surface area contributed by atoms with Gasteiger partial charge in [-0.3, -0.25) is 9.59 Å². The van der Waals surface area contributed by atoms with E-state index in [9.17, 15) is 14.4 Å². The molecule has 3 aromatic carbocycles. The first kappa shape index (κ1) is 26.3. The second kappa shape index (κ2) is 12.9. The van der Waals surface area contributed by atoms with Crippen LogP contribution >= 0.6 is 0 Å². The van der Waals surface area contributed by atoms with Crippen LogP contribution in [0.15, 0.2) is 72.8 Å². The van der Waals surface area contributed by atoms with Gasteiger partial charge in [0.15, 0.2) is 18.1 Å². The first-order valence-corrected chi connectivity index (χ1v) is 11.5. The summed E-state index contributed by atoms with van der Waals surface area (Å²) in [5.41, 5.74) is 2.21. The molecule has 8 heteroatoms. The van der Waals surface area contributed by atoms with Gasteiger partial charge in [-0.05, 0) is 42.3 Å². The Labute approximate surface area is 210 Å². The van der Waals surface area contributed by atoms with E-state index in [1.54, 1.807) is 55.5 Å². The number of nitrogens with one attached hydrogen (secondary N) is 1. The molecule has 0 atom stereocenters. The van der Waals surface area contributed by atoms with Crippen molar-refractivity contribution in [2.45, 2.75) is 19.9 Å². The maximum absolute atomic E-state index is 12.8. The molecule has 8 nitrogen and oxygen atoms in total. The number of benzene rings is 3. The number of hydrogen-bond acceptors (Lipinski definition) is 6. The molecule has 1 N–H and O–H groups in total. The number of methoxy groups -OCH3 is 2. The van der Waals surface area contributed by atoms with Gasteiger partial charge in [-0.25, -0.2) is 4.79 Å². The Balaban J connectivity index is 1.60. The zero-order chi connectivity index (χ0) is 25.9. The minimum Gasteiger partial charge on any atom is -0.493 e. The molecule has 188 valence electrons. The highest BCUT2D eigenvalue weighted by Gasteiger charge is 2.19. The number of likely N-dealkylation sites (N-methyl/N-ethyl adjacent to an activating group) is 1. The second-order valence-corrected chi connectivity index (χ2v) is 7.93. The Kier molecular flexibility index (Phi) is 9.45. The molecule has 2 amide bonds. The molecule has 0 aromatic heterocycles. The summed E-state index contributed by atoms with van der Waals surface area (Å²) in [5, 5.41) is 2.76. The summed E-state index contributed by atoms with van der Waals surface area (Å²) in [4.78, 5) is 39.6. The summed E-state index contributed by atoms with van der Waals surface area (Å²) in [6.07, 6.45) is 0.171. The van der Waals surface area contributed by atoms with E-state index in [-0.39, 0.29) is 23.8 Å². The number of rotatable bonds is 11. The van der Waals surface area contributed by atoms with Crippen LogP contribution in [0.1, 0.15) is 28.4 Å². The zero-order valence-electron chi connectivity index (χ0n) is 20.7. The van der Waals surface area contributed by atoms with Gasteiger partial charge >= 0.3 is 5.97 Å². The number of para-hydroxylation sites is 1. The third-order valence-electron chi connectivity index (χ3n) is 5.51. The molecule has 0 radical (unpaired) electrons. The van der Waals surface area contributed by atoms with Gasteiger partial charge in [-0.15, -0.1) is 0 Å². The Hall–Kier alpha value is -4.33. The van der Waals surface area contributed by atoms with Crippen molar-refractivity contribution in [3.63, 3.8) is 0 Å². The van der Waals surface area contributed by atoms with Gasteiger partial charge in [0.05, 0.1) is 31.9 Å². The molecule has 36 heavy (non-hydrogen) atoms. The highest BCUT2D eigenvalue weighted by molar-refractivity contribution is 6.02. The van der Waals surface area contributed by atoms with Gasteiger partial charge in [0, 0.05) is 13.1 Å². The van der Waals surface area contributed by atoms with E-state index in [4.69, 9.17) is 14.2 Å². The van der Waals surface area contributed by atoms with Crippen molar-refractivity contribution in [2.24, 2.45) is 0 Å². The number of esters is 1. The molecule has 0 heterocycles. The van der Waals surface area contributed by atoms with Crippen molar-refractivity contribution in [1.29, 1.82) is 0 Å². The summed E-state index contributed by atoms with van der Waals surface area (Å²) >= 11 is 0.